The third-order valence-electron chi connectivity index (χ3n) is 4.19. The van der Waals surface area contributed by atoms with Crippen LogP contribution in [0.5, 0.6) is 0 Å². The van der Waals surface area contributed by atoms with Gasteiger partial charge in [0.1, 0.15) is 5.60 Å². The van der Waals surface area contributed by atoms with Gasteiger partial charge in [0.25, 0.3) is 0 Å². The third-order valence-corrected chi connectivity index (χ3v) is 4.19. The molecule has 0 saturated carbocycles. The van der Waals surface area contributed by atoms with Crippen molar-refractivity contribution in [1.29, 1.82) is 0 Å². The van der Waals surface area contributed by atoms with Crippen LogP contribution in [0.3, 0.4) is 0 Å². The van der Waals surface area contributed by atoms with E-state index in [-0.39, 0.29) is 11.5 Å². The molecule has 0 aromatic rings. The molecule has 2 aliphatic rings. The summed E-state index contributed by atoms with van der Waals surface area (Å²) in [4.78, 5) is 14.1. The number of likely N-dealkylation sites (tertiary alicyclic amines) is 1. The molecule has 2 aliphatic heterocycles. The van der Waals surface area contributed by atoms with E-state index in [9.17, 15) is 4.79 Å². The van der Waals surface area contributed by atoms with Gasteiger partial charge >= 0.3 is 6.09 Å². The van der Waals surface area contributed by atoms with E-state index in [1.807, 2.05) is 25.7 Å². The van der Waals surface area contributed by atoms with Crippen molar-refractivity contribution in [3.8, 4) is 0 Å². The van der Waals surface area contributed by atoms with E-state index in [0.717, 1.165) is 26.2 Å². The Morgan fingerprint density at radius 1 is 1.44 bits per heavy atom. The fraction of sp³-hybridized carbons (Fsp3) is 0.929. The average molecular weight is 254 g/mol. The molecule has 2 saturated heterocycles. The van der Waals surface area contributed by atoms with Crippen LogP contribution in [0.25, 0.3) is 0 Å². The maximum Gasteiger partial charge on any atom is 0.410 e. The number of nitrogens with zero attached hydrogens (tertiary/aromatic N) is 1. The first-order valence-corrected chi connectivity index (χ1v) is 6.90. The molecular formula is C14H26N2O2. The summed E-state index contributed by atoms with van der Waals surface area (Å²) in [6, 6.07) is 0. The summed E-state index contributed by atoms with van der Waals surface area (Å²) < 4.78 is 5.49. The van der Waals surface area contributed by atoms with Crippen molar-refractivity contribution in [3.05, 3.63) is 0 Å². The van der Waals surface area contributed by atoms with Gasteiger partial charge in [0, 0.05) is 25.0 Å². The minimum Gasteiger partial charge on any atom is -0.444 e. The molecule has 0 aliphatic carbocycles. The van der Waals surface area contributed by atoms with Crippen LogP contribution in [0.1, 0.15) is 34.6 Å². The maximum atomic E-state index is 12.2. The lowest BCUT2D eigenvalue weighted by atomic mass is 9.70. The number of rotatable bonds is 0. The fourth-order valence-corrected chi connectivity index (χ4v) is 3.39. The summed E-state index contributed by atoms with van der Waals surface area (Å²) >= 11 is 0. The zero-order chi connectivity index (χ0) is 13.6. The molecular weight excluding hydrogens is 228 g/mol. The van der Waals surface area contributed by atoms with Crippen LogP contribution in [0.4, 0.5) is 4.79 Å². The second kappa shape index (κ2) is 4.41. The van der Waals surface area contributed by atoms with Gasteiger partial charge in [-0.3, -0.25) is 0 Å². The molecule has 0 spiro atoms. The van der Waals surface area contributed by atoms with Gasteiger partial charge in [-0.2, -0.15) is 0 Å². The lowest BCUT2D eigenvalue weighted by Gasteiger charge is -2.45. The zero-order valence-electron chi connectivity index (χ0n) is 12.2. The zero-order valence-corrected chi connectivity index (χ0v) is 12.2. The average Bonchev–Trinajstić information content (AvgIpc) is 2.57. The van der Waals surface area contributed by atoms with Crippen molar-refractivity contribution < 1.29 is 9.53 Å². The molecule has 18 heavy (non-hydrogen) atoms. The summed E-state index contributed by atoms with van der Waals surface area (Å²) in [5.74, 6) is 1.21. The highest BCUT2D eigenvalue weighted by molar-refractivity contribution is 5.68. The van der Waals surface area contributed by atoms with Gasteiger partial charge < -0.3 is 15.0 Å². The fourth-order valence-electron chi connectivity index (χ4n) is 3.39. The Hall–Kier alpha value is -0.770. The van der Waals surface area contributed by atoms with Gasteiger partial charge in [0.05, 0.1) is 0 Å². The maximum absolute atomic E-state index is 12.2. The molecule has 1 amide bonds. The summed E-state index contributed by atoms with van der Waals surface area (Å²) in [5.41, 5.74) is -0.208. The topological polar surface area (TPSA) is 41.6 Å². The second-order valence-corrected chi connectivity index (χ2v) is 7.23. The number of hydrogen-bond donors (Lipinski definition) is 1. The number of piperidine rings is 1. The van der Waals surface area contributed by atoms with Crippen molar-refractivity contribution in [3.63, 3.8) is 0 Å². The molecule has 3 atom stereocenters. The van der Waals surface area contributed by atoms with E-state index in [4.69, 9.17) is 4.74 Å². The Morgan fingerprint density at radius 2 is 2.11 bits per heavy atom. The van der Waals surface area contributed by atoms with Gasteiger partial charge in [-0.05, 0) is 39.2 Å². The quantitative estimate of drug-likeness (QED) is 0.720. The van der Waals surface area contributed by atoms with Crippen molar-refractivity contribution in [2.75, 3.05) is 26.2 Å². The number of hydrogen-bond acceptors (Lipinski definition) is 3. The molecule has 4 nitrogen and oxygen atoms in total. The van der Waals surface area contributed by atoms with E-state index >= 15 is 0 Å². The monoisotopic (exact) mass is 254 g/mol. The highest BCUT2D eigenvalue weighted by atomic mass is 16.6. The first kappa shape index (κ1) is 13.7. The summed E-state index contributed by atoms with van der Waals surface area (Å²) in [6.07, 6.45) is -0.166. The number of carbonyl (C=O) groups excluding carboxylic acids is 1. The van der Waals surface area contributed by atoms with E-state index in [1.54, 1.807) is 0 Å². The molecule has 0 aromatic heterocycles. The first-order chi connectivity index (χ1) is 8.21. The van der Waals surface area contributed by atoms with Crippen LogP contribution in [0.2, 0.25) is 0 Å². The largest absolute Gasteiger partial charge is 0.444 e. The van der Waals surface area contributed by atoms with Crippen LogP contribution < -0.4 is 5.32 Å². The minimum absolute atomic E-state index is 0.166. The van der Waals surface area contributed by atoms with Crippen LogP contribution in [-0.4, -0.2) is 42.8 Å². The number of carbonyl (C=O) groups is 1. The number of amides is 1. The predicted molar refractivity (Wildman–Crippen MR) is 71.4 cm³/mol. The van der Waals surface area contributed by atoms with Crippen molar-refractivity contribution in [2.45, 2.75) is 40.2 Å². The minimum atomic E-state index is -0.411. The summed E-state index contributed by atoms with van der Waals surface area (Å²) in [5, 5.41) is 3.46. The summed E-state index contributed by atoms with van der Waals surface area (Å²) in [6.45, 7) is 14.0. The molecule has 2 heterocycles. The van der Waals surface area contributed by atoms with Gasteiger partial charge in [-0.1, -0.05) is 13.8 Å². The highest BCUT2D eigenvalue weighted by Crippen LogP contribution is 2.41. The standard InChI is InChI=1S/C14H26N2O2/c1-10-7-16(12(17)18-13(2,3)4)9-14(5)8-15-6-11(10)14/h10-11,15H,6-9H2,1-5H3. The highest BCUT2D eigenvalue weighted by Gasteiger charge is 2.48. The van der Waals surface area contributed by atoms with Crippen LogP contribution >= 0.6 is 0 Å². The SMILES string of the molecule is CC1CN(C(=O)OC(C)(C)C)CC2(C)CNCC12. The molecule has 0 bridgehead atoms. The third kappa shape index (κ3) is 2.63. The van der Waals surface area contributed by atoms with E-state index in [2.05, 4.69) is 19.2 Å². The van der Waals surface area contributed by atoms with Crippen LogP contribution in [0.15, 0.2) is 0 Å². The number of ether oxygens (including phenoxy) is 1. The Morgan fingerprint density at radius 3 is 2.72 bits per heavy atom. The smallest absolute Gasteiger partial charge is 0.410 e. The Balaban J connectivity index is 2.06. The molecule has 2 fully saturated rings. The molecule has 1 N–H and O–H groups in total. The van der Waals surface area contributed by atoms with E-state index in [1.165, 1.54) is 0 Å². The molecule has 3 unspecified atom stereocenters. The second-order valence-electron chi connectivity index (χ2n) is 7.23. The molecule has 2 rings (SSSR count). The van der Waals surface area contributed by atoms with Gasteiger partial charge in [-0.15, -0.1) is 0 Å². The lowest BCUT2D eigenvalue weighted by molar-refractivity contribution is -0.0123. The van der Waals surface area contributed by atoms with Crippen molar-refractivity contribution in [2.24, 2.45) is 17.3 Å². The molecule has 0 aromatic carbocycles. The van der Waals surface area contributed by atoms with Crippen molar-refractivity contribution in [1.82, 2.24) is 10.2 Å². The Labute approximate surface area is 110 Å². The normalized spacial score (nSPS) is 36.4. The van der Waals surface area contributed by atoms with E-state index in [0.29, 0.717) is 11.8 Å². The molecule has 4 heteroatoms. The molecule has 104 valence electrons. The number of fused-ring (bicyclic) bond motifs is 1. The lowest BCUT2D eigenvalue weighted by Crippen LogP contribution is -2.53. The first-order valence-electron chi connectivity index (χ1n) is 6.90. The predicted octanol–water partition coefficient (Wildman–Crippen LogP) is 2.10. The van der Waals surface area contributed by atoms with Crippen LogP contribution in [0, 0.1) is 17.3 Å². The van der Waals surface area contributed by atoms with Gasteiger partial charge in [0.2, 0.25) is 0 Å². The summed E-state index contributed by atoms with van der Waals surface area (Å²) in [7, 11) is 0. The number of nitrogens with one attached hydrogen (secondary N) is 1. The Kier molecular flexibility index (Phi) is 3.34. The van der Waals surface area contributed by atoms with Crippen LogP contribution in [-0.2, 0) is 4.74 Å². The van der Waals surface area contributed by atoms with Gasteiger partial charge in [0.15, 0.2) is 0 Å². The van der Waals surface area contributed by atoms with Gasteiger partial charge in [-0.25, -0.2) is 4.79 Å². The molecule has 0 radical (unpaired) electrons. The van der Waals surface area contributed by atoms with Crippen molar-refractivity contribution >= 4 is 6.09 Å². The Bertz CT molecular complexity index is 337. The van der Waals surface area contributed by atoms with E-state index < -0.39 is 5.60 Å².